The van der Waals surface area contributed by atoms with Gasteiger partial charge in [-0.25, -0.2) is 5.01 Å². The van der Waals surface area contributed by atoms with E-state index in [0.717, 1.165) is 5.56 Å². The third kappa shape index (κ3) is 4.76. The Morgan fingerprint density at radius 1 is 1.17 bits per heavy atom. The number of ether oxygens (including phenoxy) is 1. The van der Waals surface area contributed by atoms with Crippen LogP contribution >= 0.6 is 0 Å². The maximum absolute atomic E-state index is 13.4. The molecule has 2 amide bonds. The van der Waals surface area contributed by atoms with Crippen LogP contribution in [0.1, 0.15) is 59.5 Å². The molecule has 2 rings (SSSR count). The van der Waals surface area contributed by atoms with Crippen LogP contribution in [-0.4, -0.2) is 34.4 Å². The first kappa shape index (κ1) is 22.9. The van der Waals surface area contributed by atoms with E-state index in [1.807, 2.05) is 6.92 Å². The van der Waals surface area contributed by atoms with Gasteiger partial charge in [0.15, 0.2) is 0 Å². The van der Waals surface area contributed by atoms with Crippen LogP contribution in [-0.2, 0) is 6.42 Å². The van der Waals surface area contributed by atoms with Gasteiger partial charge in [-0.2, -0.15) is 0 Å². The molecule has 0 spiro atoms. The topological polar surface area (TPSA) is 102 Å². The van der Waals surface area contributed by atoms with Crippen LogP contribution in [0.2, 0.25) is 0 Å². The molecule has 0 aromatic heterocycles. The predicted molar refractivity (Wildman–Crippen MR) is 114 cm³/mol. The van der Waals surface area contributed by atoms with Crippen LogP contribution in [0, 0.1) is 17.0 Å². The number of aryl methyl sites for hydroxylation is 1. The average molecular weight is 413 g/mol. The number of nitro benzene ring substituents is 1. The molecule has 0 saturated heterocycles. The van der Waals surface area contributed by atoms with Crippen LogP contribution < -0.4 is 10.2 Å². The molecule has 0 radical (unpaired) electrons. The van der Waals surface area contributed by atoms with Crippen LogP contribution in [0.15, 0.2) is 36.4 Å². The fraction of sp³-hybridized carbons (Fsp3) is 0.364. The number of hydrazine groups is 1. The van der Waals surface area contributed by atoms with Gasteiger partial charge in [-0.15, -0.1) is 0 Å². The molecule has 8 nitrogen and oxygen atoms in total. The number of nitrogens with zero attached hydrogens (tertiary/aromatic N) is 2. The van der Waals surface area contributed by atoms with Crippen molar-refractivity contribution in [1.82, 2.24) is 10.4 Å². The molecule has 0 heterocycles. The number of benzene rings is 2. The van der Waals surface area contributed by atoms with E-state index in [9.17, 15) is 19.7 Å². The number of carbonyl (C=O) groups excluding carboxylic acids is 2. The van der Waals surface area contributed by atoms with Crippen molar-refractivity contribution in [3.05, 3.63) is 68.8 Å². The van der Waals surface area contributed by atoms with Gasteiger partial charge in [-0.3, -0.25) is 25.1 Å². The summed E-state index contributed by atoms with van der Waals surface area (Å²) in [5.74, 6) is -0.575. The second-order valence-electron chi connectivity index (χ2n) is 7.87. The zero-order valence-corrected chi connectivity index (χ0v) is 18.1. The highest BCUT2D eigenvalue weighted by Gasteiger charge is 2.32. The number of hydrogen-bond donors (Lipinski definition) is 1. The Bertz CT molecular complexity index is 979. The molecule has 160 valence electrons. The van der Waals surface area contributed by atoms with Crippen molar-refractivity contribution in [2.24, 2.45) is 0 Å². The van der Waals surface area contributed by atoms with Gasteiger partial charge in [0, 0.05) is 17.2 Å². The number of carbonyl (C=O) groups is 2. The molecule has 30 heavy (non-hydrogen) atoms. The molecule has 0 aliphatic rings. The lowest BCUT2D eigenvalue weighted by Crippen LogP contribution is -2.56. The molecule has 0 unspecified atom stereocenters. The quantitative estimate of drug-likeness (QED) is 0.588. The van der Waals surface area contributed by atoms with Crippen molar-refractivity contribution in [1.29, 1.82) is 0 Å². The summed E-state index contributed by atoms with van der Waals surface area (Å²) in [6.07, 6.45) is 0.556. The minimum atomic E-state index is -0.792. The van der Waals surface area contributed by atoms with Gasteiger partial charge in [0.1, 0.15) is 11.3 Å². The summed E-state index contributed by atoms with van der Waals surface area (Å²) in [6.45, 7) is 8.94. The third-order valence-electron chi connectivity index (χ3n) is 4.62. The maximum Gasteiger partial charge on any atom is 0.282 e. The number of amides is 2. The minimum Gasteiger partial charge on any atom is -0.496 e. The van der Waals surface area contributed by atoms with Gasteiger partial charge in [0.25, 0.3) is 17.5 Å². The smallest absolute Gasteiger partial charge is 0.282 e. The van der Waals surface area contributed by atoms with E-state index in [-0.39, 0.29) is 11.3 Å². The maximum atomic E-state index is 13.4. The molecule has 0 aliphatic carbocycles. The first-order valence-corrected chi connectivity index (χ1v) is 9.57. The monoisotopic (exact) mass is 413 g/mol. The summed E-state index contributed by atoms with van der Waals surface area (Å²) in [5, 5.41) is 12.6. The molecular formula is C22H27N3O5. The number of nitro groups is 1. The van der Waals surface area contributed by atoms with Crippen molar-refractivity contribution in [3.63, 3.8) is 0 Å². The Morgan fingerprint density at radius 2 is 1.83 bits per heavy atom. The fourth-order valence-corrected chi connectivity index (χ4v) is 3.12. The molecule has 0 saturated carbocycles. The number of hydrogen-bond acceptors (Lipinski definition) is 5. The van der Waals surface area contributed by atoms with Crippen molar-refractivity contribution in [2.45, 2.75) is 46.6 Å². The van der Waals surface area contributed by atoms with Gasteiger partial charge in [0.2, 0.25) is 0 Å². The first-order valence-electron chi connectivity index (χ1n) is 9.57. The largest absolute Gasteiger partial charge is 0.496 e. The van der Waals surface area contributed by atoms with Crippen molar-refractivity contribution in [2.75, 3.05) is 7.11 Å². The van der Waals surface area contributed by atoms with E-state index >= 15 is 0 Å². The molecular weight excluding hydrogens is 386 g/mol. The Balaban J connectivity index is 2.49. The Labute approximate surface area is 176 Å². The van der Waals surface area contributed by atoms with Crippen LogP contribution in [0.4, 0.5) is 5.69 Å². The van der Waals surface area contributed by atoms with Crippen LogP contribution in [0.25, 0.3) is 0 Å². The number of nitrogens with one attached hydrogen (secondary N) is 1. The number of methoxy groups -OCH3 is 1. The third-order valence-corrected chi connectivity index (χ3v) is 4.62. The second-order valence-corrected chi connectivity index (χ2v) is 7.87. The van der Waals surface area contributed by atoms with Crippen molar-refractivity contribution < 1.29 is 19.2 Å². The van der Waals surface area contributed by atoms with Gasteiger partial charge < -0.3 is 4.74 Å². The molecule has 0 atom stereocenters. The van der Waals surface area contributed by atoms with E-state index in [2.05, 4.69) is 5.43 Å². The van der Waals surface area contributed by atoms with E-state index < -0.39 is 22.3 Å². The van der Waals surface area contributed by atoms with E-state index in [4.69, 9.17) is 4.74 Å². The predicted octanol–water partition coefficient (Wildman–Crippen LogP) is 4.06. The van der Waals surface area contributed by atoms with Crippen molar-refractivity contribution >= 4 is 17.5 Å². The Kier molecular flexibility index (Phi) is 6.81. The highest BCUT2D eigenvalue weighted by atomic mass is 16.6. The Hall–Kier alpha value is -3.42. The molecule has 2 aromatic carbocycles. The standard InChI is InChI=1S/C22H27N3O5/c1-7-15-16(9-8-10-19(15)30-6)21(27)24(22(3,4)5)23-20(26)17-13-14(2)11-12-18(17)25(28)29/h8-13H,7H2,1-6H3,(H,23,26). The second kappa shape index (κ2) is 8.94. The molecule has 0 bridgehead atoms. The van der Waals surface area contributed by atoms with Gasteiger partial charge in [-0.1, -0.05) is 19.1 Å². The van der Waals surface area contributed by atoms with Crippen LogP contribution in [0.5, 0.6) is 5.75 Å². The molecule has 0 fully saturated rings. The van der Waals surface area contributed by atoms with Gasteiger partial charge in [0.05, 0.1) is 17.6 Å². The normalized spacial score (nSPS) is 11.0. The summed E-state index contributed by atoms with van der Waals surface area (Å²) >= 11 is 0. The van der Waals surface area contributed by atoms with Gasteiger partial charge >= 0.3 is 0 Å². The Morgan fingerprint density at radius 3 is 2.37 bits per heavy atom. The van der Waals surface area contributed by atoms with E-state index in [1.54, 1.807) is 52.0 Å². The fourth-order valence-electron chi connectivity index (χ4n) is 3.12. The molecule has 1 N–H and O–H groups in total. The summed E-state index contributed by atoms with van der Waals surface area (Å²) in [7, 11) is 1.53. The van der Waals surface area contributed by atoms with Crippen molar-refractivity contribution in [3.8, 4) is 5.75 Å². The first-order chi connectivity index (χ1) is 14.0. The summed E-state index contributed by atoms with van der Waals surface area (Å²) < 4.78 is 5.37. The summed E-state index contributed by atoms with van der Waals surface area (Å²) in [6, 6.07) is 9.42. The highest BCUT2D eigenvalue weighted by Crippen LogP contribution is 2.26. The molecule has 2 aromatic rings. The van der Waals surface area contributed by atoms with Gasteiger partial charge in [-0.05, 0) is 57.9 Å². The average Bonchev–Trinajstić information content (AvgIpc) is 2.69. The van der Waals surface area contributed by atoms with Crippen LogP contribution in [0.3, 0.4) is 0 Å². The SMILES string of the molecule is CCc1c(OC)cccc1C(=O)N(NC(=O)c1cc(C)ccc1[N+](=O)[O-])C(C)(C)C. The summed E-state index contributed by atoms with van der Waals surface area (Å²) in [5.41, 5.74) is 3.16. The van der Waals surface area contributed by atoms with E-state index in [0.29, 0.717) is 23.3 Å². The molecule has 0 aliphatic heterocycles. The zero-order valence-electron chi connectivity index (χ0n) is 18.1. The number of rotatable bonds is 5. The summed E-state index contributed by atoms with van der Waals surface area (Å²) in [4.78, 5) is 37.1. The lowest BCUT2D eigenvalue weighted by molar-refractivity contribution is -0.385. The van der Waals surface area contributed by atoms with E-state index in [1.165, 1.54) is 24.3 Å². The highest BCUT2D eigenvalue weighted by molar-refractivity contribution is 6.02. The zero-order chi connectivity index (χ0) is 22.6. The lowest BCUT2D eigenvalue weighted by atomic mass is 10.0. The molecule has 8 heteroatoms. The lowest BCUT2D eigenvalue weighted by Gasteiger charge is -2.36. The minimum absolute atomic E-state index is 0.108.